The minimum absolute atomic E-state index is 0.00315. The highest BCUT2D eigenvalue weighted by Crippen LogP contribution is 2.19. The molecule has 1 aromatic rings. The van der Waals surface area contributed by atoms with Crippen LogP contribution in [0, 0.1) is 0 Å². The minimum Gasteiger partial charge on any atom is -0.480 e. The number of aromatic nitrogens is 2. The van der Waals surface area contributed by atoms with Gasteiger partial charge in [0.25, 0.3) is 5.91 Å². The van der Waals surface area contributed by atoms with E-state index in [1.165, 1.54) is 0 Å². The maximum atomic E-state index is 12.0. The van der Waals surface area contributed by atoms with Crippen molar-refractivity contribution in [2.75, 3.05) is 0 Å². The van der Waals surface area contributed by atoms with Gasteiger partial charge in [0.15, 0.2) is 0 Å². The van der Waals surface area contributed by atoms with Crippen molar-refractivity contribution >= 4 is 29.3 Å². The molecule has 0 fully saturated rings. The van der Waals surface area contributed by atoms with E-state index in [9.17, 15) is 14.4 Å². The Morgan fingerprint density at radius 2 is 2.05 bits per heavy atom. The van der Waals surface area contributed by atoms with E-state index in [2.05, 4.69) is 14.9 Å². The number of carbonyl (C=O) groups is 3. The van der Waals surface area contributed by atoms with Gasteiger partial charge < -0.3 is 16.2 Å². The standard InChI is InChI=1S/C11H16N4O4S/c1-5(2)8-9(20-15-14-8)10(17)13-6(11(18)19)3-4-7(12)16/h5-6H,3-4H2,1-2H3,(H2,12,16)(H,13,17)(H,18,19)/t6-/m0/s1. The molecule has 0 unspecified atom stereocenters. The molecule has 0 radical (unpaired) electrons. The highest BCUT2D eigenvalue weighted by atomic mass is 32.1. The summed E-state index contributed by atoms with van der Waals surface area (Å²) < 4.78 is 3.70. The summed E-state index contributed by atoms with van der Waals surface area (Å²) in [6.45, 7) is 3.71. The molecule has 2 amide bonds. The molecule has 1 atom stereocenters. The topological polar surface area (TPSA) is 135 Å². The van der Waals surface area contributed by atoms with Crippen LogP contribution >= 0.6 is 11.5 Å². The second-order valence-electron chi connectivity index (χ2n) is 4.51. The molecular weight excluding hydrogens is 284 g/mol. The Labute approximate surface area is 119 Å². The number of hydrogen-bond donors (Lipinski definition) is 3. The quantitative estimate of drug-likeness (QED) is 0.654. The molecule has 0 aliphatic heterocycles. The second-order valence-corrected chi connectivity index (χ2v) is 5.27. The molecule has 1 heterocycles. The van der Waals surface area contributed by atoms with E-state index in [0.29, 0.717) is 5.69 Å². The van der Waals surface area contributed by atoms with Gasteiger partial charge in [0.1, 0.15) is 10.9 Å². The van der Waals surface area contributed by atoms with E-state index < -0.39 is 23.8 Å². The number of nitrogens with two attached hydrogens (primary N) is 1. The molecule has 9 heteroatoms. The van der Waals surface area contributed by atoms with Crippen molar-refractivity contribution in [3.63, 3.8) is 0 Å². The number of carboxylic acid groups (broad SMARTS) is 1. The first-order valence-corrected chi connectivity index (χ1v) is 6.74. The third kappa shape index (κ3) is 4.26. The summed E-state index contributed by atoms with van der Waals surface area (Å²) in [5.74, 6) is -2.39. The number of carboxylic acids is 1. The Hall–Kier alpha value is -2.03. The minimum atomic E-state index is -1.22. The number of rotatable bonds is 7. The molecule has 1 aromatic heterocycles. The average Bonchev–Trinajstić information content (AvgIpc) is 2.82. The Morgan fingerprint density at radius 3 is 2.55 bits per heavy atom. The van der Waals surface area contributed by atoms with Crippen LogP contribution in [0.25, 0.3) is 0 Å². The highest BCUT2D eigenvalue weighted by Gasteiger charge is 2.25. The number of nitrogens with one attached hydrogen (secondary N) is 1. The van der Waals surface area contributed by atoms with Crippen molar-refractivity contribution in [1.29, 1.82) is 0 Å². The van der Waals surface area contributed by atoms with Gasteiger partial charge >= 0.3 is 5.97 Å². The summed E-state index contributed by atoms with van der Waals surface area (Å²) in [4.78, 5) is 34.0. The maximum absolute atomic E-state index is 12.0. The van der Waals surface area contributed by atoms with Crippen LogP contribution in [0.3, 0.4) is 0 Å². The fraction of sp³-hybridized carbons (Fsp3) is 0.545. The molecule has 20 heavy (non-hydrogen) atoms. The monoisotopic (exact) mass is 300 g/mol. The van der Waals surface area contributed by atoms with Crippen LogP contribution in [-0.4, -0.2) is 38.5 Å². The smallest absolute Gasteiger partial charge is 0.326 e. The van der Waals surface area contributed by atoms with Crippen molar-refractivity contribution in [3.05, 3.63) is 10.6 Å². The van der Waals surface area contributed by atoms with Crippen LogP contribution in [0.5, 0.6) is 0 Å². The molecule has 1 rings (SSSR count). The molecular formula is C11H16N4O4S. The Balaban J connectivity index is 2.77. The summed E-state index contributed by atoms with van der Waals surface area (Å²) in [5, 5.41) is 15.2. The van der Waals surface area contributed by atoms with Gasteiger partial charge in [-0.25, -0.2) is 4.79 Å². The number of primary amides is 1. The van der Waals surface area contributed by atoms with E-state index in [0.717, 1.165) is 11.5 Å². The number of aliphatic carboxylic acids is 1. The molecule has 0 aromatic carbocycles. The lowest BCUT2D eigenvalue weighted by Crippen LogP contribution is -2.41. The fourth-order valence-corrected chi connectivity index (χ4v) is 2.22. The molecule has 4 N–H and O–H groups in total. The lowest BCUT2D eigenvalue weighted by molar-refractivity contribution is -0.139. The molecule has 0 aliphatic rings. The lowest BCUT2D eigenvalue weighted by atomic mass is 10.1. The van der Waals surface area contributed by atoms with Crippen LogP contribution < -0.4 is 11.1 Å². The van der Waals surface area contributed by atoms with Crippen molar-refractivity contribution in [2.24, 2.45) is 5.73 Å². The predicted molar refractivity (Wildman–Crippen MR) is 71.3 cm³/mol. The summed E-state index contributed by atoms with van der Waals surface area (Å²) >= 11 is 0.906. The zero-order chi connectivity index (χ0) is 15.3. The molecule has 0 bridgehead atoms. The van der Waals surface area contributed by atoms with Crippen LogP contribution in [0.15, 0.2) is 0 Å². The molecule has 0 aliphatic carbocycles. The van der Waals surface area contributed by atoms with E-state index in [4.69, 9.17) is 10.8 Å². The normalized spacial score (nSPS) is 12.2. The molecule has 110 valence electrons. The van der Waals surface area contributed by atoms with E-state index in [1.54, 1.807) is 0 Å². The molecule has 0 spiro atoms. The Morgan fingerprint density at radius 1 is 1.40 bits per heavy atom. The van der Waals surface area contributed by atoms with Crippen molar-refractivity contribution in [1.82, 2.24) is 14.9 Å². The zero-order valence-corrected chi connectivity index (χ0v) is 11.9. The first-order valence-electron chi connectivity index (χ1n) is 5.97. The first-order chi connectivity index (χ1) is 9.32. The van der Waals surface area contributed by atoms with Gasteiger partial charge in [0.05, 0.1) is 5.69 Å². The van der Waals surface area contributed by atoms with Crippen molar-refractivity contribution in [3.8, 4) is 0 Å². The van der Waals surface area contributed by atoms with E-state index >= 15 is 0 Å². The number of hydrogen-bond acceptors (Lipinski definition) is 6. The SMILES string of the molecule is CC(C)c1nnsc1C(=O)N[C@@H](CCC(N)=O)C(=O)O. The third-order valence-corrected chi connectivity index (χ3v) is 3.29. The summed E-state index contributed by atoms with van der Waals surface area (Å²) in [6, 6.07) is -1.17. The number of carbonyl (C=O) groups excluding carboxylic acids is 2. The summed E-state index contributed by atoms with van der Waals surface area (Å²) in [6.07, 6.45) is -0.172. The first kappa shape index (κ1) is 16.0. The van der Waals surface area contributed by atoms with Gasteiger partial charge in [-0.05, 0) is 23.9 Å². The lowest BCUT2D eigenvalue weighted by Gasteiger charge is -2.13. The fourth-order valence-electron chi connectivity index (χ4n) is 1.50. The number of amides is 2. The van der Waals surface area contributed by atoms with Gasteiger partial charge in [-0.1, -0.05) is 18.3 Å². The van der Waals surface area contributed by atoms with Crippen molar-refractivity contribution in [2.45, 2.75) is 38.6 Å². The third-order valence-electron chi connectivity index (χ3n) is 2.55. The average molecular weight is 300 g/mol. The largest absolute Gasteiger partial charge is 0.480 e. The van der Waals surface area contributed by atoms with Gasteiger partial charge in [-0.15, -0.1) is 5.10 Å². The second kappa shape index (κ2) is 6.94. The summed E-state index contributed by atoms with van der Waals surface area (Å²) in [7, 11) is 0. The molecule has 0 saturated carbocycles. The predicted octanol–water partition coefficient (Wildman–Crippen LogP) is 0.110. The molecule has 0 saturated heterocycles. The van der Waals surface area contributed by atoms with Crippen LogP contribution in [0.2, 0.25) is 0 Å². The van der Waals surface area contributed by atoms with Gasteiger partial charge in [0, 0.05) is 6.42 Å². The van der Waals surface area contributed by atoms with Gasteiger partial charge in [-0.2, -0.15) is 0 Å². The van der Waals surface area contributed by atoms with Crippen LogP contribution in [0.4, 0.5) is 0 Å². The highest BCUT2D eigenvalue weighted by molar-refractivity contribution is 7.08. The maximum Gasteiger partial charge on any atom is 0.326 e. The zero-order valence-electron chi connectivity index (χ0n) is 11.1. The Kier molecular flexibility index (Phi) is 5.56. The van der Waals surface area contributed by atoms with E-state index in [-0.39, 0.29) is 23.6 Å². The van der Waals surface area contributed by atoms with Gasteiger partial charge in [0.2, 0.25) is 5.91 Å². The number of nitrogens with zero attached hydrogens (tertiary/aromatic N) is 2. The van der Waals surface area contributed by atoms with Crippen LogP contribution in [-0.2, 0) is 9.59 Å². The van der Waals surface area contributed by atoms with Gasteiger partial charge in [-0.3, -0.25) is 9.59 Å². The summed E-state index contributed by atoms with van der Waals surface area (Å²) in [5.41, 5.74) is 5.49. The molecule has 8 nitrogen and oxygen atoms in total. The Bertz CT molecular complexity index is 514. The van der Waals surface area contributed by atoms with Crippen LogP contribution in [0.1, 0.15) is 48.0 Å². The van der Waals surface area contributed by atoms with E-state index in [1.807, 2.05) is 13.8 Å². The van der Waals surface area contributed by atoms with Crippen molar-refractivity contribution < 1.29 is 19.5 Å².